The second-order valence-corrected chi connectivity index (χ2v) is 6.60. The highest BCUT2D eigenvalue weighted by molar-refractivity contribution is 9.10. The fraction of sp³-hybridized carbons (Fsp3) is 0.111. The molecule has 1 aliphatic rings. The van der Waals surface area contributed by atoms with Gasteiger partial charge in [0.1, 0.15) is 5.69 Å². The first-order valence-corrected chi connectivity index (χ1v) is 8.50. The normalized spacial score (nSPS) is 13.4. The van der Waals surface area contributed by atoms with E-state index in [2.05, 4.69) is 26.2 Å². The van der Waals surface area contributed by atoms with Crippen molar-refractivity contribution in [1.29, 1.82) is 0 Å². The van der Waals surface area contributed by atoms with Crippen LogP contribution >= 0.6 is 15.9 Å². The molecular formula is C18H13BrN4O2. The van der Waals surface area contributed by atoms with Gasteiger partial charge in [-0.25, -0.2) is 4.68 Å². The van der Waals surface area contributed by atoms with Gasteiger partial charge in [0.2, 0.25) is 0 Å². The smallest absolute Gasteiger partial charge is 0.261 e. The number of carbonyl (C=O) groups is 2. The Bertz CT molecular complexity index is 947. The van der Waals surface area contributed by atoms with Crippen molar-refractivity contribution in [2.45, 2.75) is 13.1 Å². The van der Waals surface area contributed by atoms with Crippen molar-refractivity contribution >= 4 is 27.7 Å². The van der Waals surface area contributed by atoms with Crippen LogP contribution in [0.1, 0.15) is 32.0 Å². The van der Waals surface area contributed by atoms with E-state index in [9.17, 15) is 9.59 Å². The summed E-state index contributed by atoms with van der Waals surface area (Å²) in [7, 11) is 0. The summed E-state index contributed by atoms with van der Waals surface area (Å²) < 4.78 is 2.68. The van der Waals surface area contributed by atoms with E-state index < -0.39 is 0 Å². The molecule has 0 atom stereocenters. The summed E-state index contributed by atoms with van der Waals surface area (Å²) in [5.41, 5.74) is 2.52. The minimum absolute atomic E-state index is 0.113. The van der Waals surface area contributed by atoms with E-state index in [4.69, 9.17) is 0 Å². The van der Waals surface area contributed by atoms with Crippen molar-refractivity contribution in [1.82, 2.24) is 19.9 Å². The maximum atomic E-state index is 12.4. The van der Waals surface area contributed by atoms with Gasteiger partial charge < -0.3 is 0 Å². The van der Waals surface area contributed by atoms with Crippen LogP contribution < -0.4 is 0 Å². The van der Waals surface area contributed by atoms with Crippen LogP contribution in [0.25, 0.3) is 0 Å². The van der Waals surface area contributed by atoms with E-state index in [-0.39, 0.29) is 18.4 Å². The number of nitrogens with zero attached hydrogens (tertiary/aromatic N) is 4. The van der Waals surface area contributed by atoms with Gasteiger partial charge in [0.05, 0.1) is 30.4 Å². The van der Waals surface area contributed by atoms with Crippen molar-refractivity contribution in [2.75, 3.05) is 0 Å². The second-order valence-electron chi connectivity index (χ2n) is 5.74. The molecule has 0 spiro atoms. The summed E-state index contributed by atoms with van der Waals surface area (Å²) in [5, 5.41) is 8.18. The molecule has 0 saturated carbocycles. The number of aromatic nitrogens is 3. The predicted octanol–water partition coefficient (Wildman–Crippen LogP) is 2.89. The number of carbonyl (C=O) groups excluding carboxylic acids is 2. The average Bonchev–Trinajstić information content (AvgIpc) is 3.16. The Morgan fingerprint density at radius 3 is 2.20 bits per heavy atom. The highest BCUT2D eigenvalue weighted by atomic mass is 79.9. The molecule has 0 N–H and O–H groups in total. The van der Waals surface area contributed by atoms with Crippen LogP contribution in [0.4, 0.5) is 0 Å². The van der Waals surface area contributed by atoms with Gasteiger partial charge >= 0.3 is 0 Å². The van der Waals surface area contributed by atoms with Crippen molar-refractivity contribution in [2.24, 2.45) is 0 Å². The standard InChI is InChI=1S/C18H13BrN4O2/c19-16-8-4-1-5-12(16)9-22-10-13(20-21-22)11-23-17(24)14-6-2-3-7-15(14)18(23)25/h1-8,10H,9,11H2. The van der Waals surface area contributed by atoms with E-state index in [1.807, 2.05) is 24.3 Å². The minimum atomic E-state index is -0.291. The molecule has 7 heteroatoms. The lowest BCUT2D eigenvalue weighted by Crippen LogP contribution is -2.29. The number of hydrogen-bond donors (Lipinski definition) is 0. The molecule has 1 aliphatic heterocycles. The summed E-state index contributed by atoms with van der Waals surface area (Å²) in [4.78, 5) is 26.0. The zero-order valence-electron chi connectivity index (χ0n) is 13.1. The highest BCUT2D eigenvalue weighted by Gasteiger charge is 2.35. The second kappa shape index (κ2) is 6.25. The Morgan fingerprint density at radius 1 is 0.880 bits per heavy atom. The molecule has 124 valence electrons. The third kappa shape index (κ3) is 2.87. The Labute approximate surface area is 152 Å². The number of imide groups is 1. The Balaban J connectivity index is 1.52. The molecule has 0 fully saturated rings. The molecule has 2 heterocycles. The molecule has 4 rings (SSSR count). The molecule has 1 aromatic heterocycles. The lowest BCUT2D eigenvalue weighted by Gasteiger charge is -2.11. The third-order valence-electron chi connectivity index (χ3n) is 4.07. The molecular weight excluding hydrogens is 384 g/mol. The summed E-state index contributed by atoms with van der Waals surface area (Å²) in [6, 6.07) is 14.7. The monoisotopic (exact) mass is 396 g/mol. The Hall–Kier alpha value is -2.80. The fourth-order valence-electron chi connectivity index (χ4n) is 2.83. The number of fused-ring (bicyclic) bond motifs is 1. The first-order chi connectivity index (χ1) is 12.1. The largest absolute Gasteiger partial charge is 0.269 e. The average molecular weight is 397 g/mol. The first kappa shape index (κ1) is 15.7. The number of rotatable bonds is 4. The van der Waals surface area contributed by atoms with E-state index >= 15 is 0 Å². The fourth-order valence-corrected chi connectivity index (χ4v) is 3.24. The highest BCUT2D eigenvalue weighted by Crippen LogP contribution is 2.24. The van der Waals surface area contributed by atoms with Gasteiger partial charge in [-0.3, -0.25) is 14.5 Å². The molecule has 25 heavy (non-hydrogen) atoms. The molecule has 0 aliphatic carbocycles. The maximum absolute atomic E-state index is 12.4. The van der Waals surface area contributed by atoms with Gasteiger partial charge in [0.25, 0.3) is 11.8 Å². The Kier molecular flexibility index (Phi) is 3.93. The van der Waals surface area contributed by atoms with E-state index in [1.165, 1.54) is 4.90 Å². The molecule has 2 amide bonds. The van der Waals surface area contributed by atoms with Gasteiger partial charge in [0.15, 0.2) is 0 Å². The van der Waals surface area contributed by atoms with Crippen molar-refractivity contribution in [3.63, 3.8) is 0 Å². The molecule has 2 aromatic carbocycles. The number of amides is 2. The predicted molar refractivity (Wildman–Crippen MR) is 93.9 cm³/mol. The van der Waals surface area contributed by atoms with Crippen LogP contribution in [0.2, 0.25) is 0 Å². The van der Waals surface area contributed by atoms with Gasteiger partial charge in [0, 0.05) is 4.47 Å². The zero-order valence-corrected chi connectivity index (χ0v) is 14.7. The maximum Gasteiger partial charge on any atom is 0.261 e. The topological polar surface area (TPSA) is 68.1 Å². The number of benzene rings is 2. The summed E-state index contributed by atoms with van der Waals surface area (Å²) in [6.45, 7) is 0.666. The van der Waals surface area contributed by atoms with E-state index in [1.54, 1.807) is 35.1 Å². The van der Waals surface area contributed by atoms with Crippen LogP contribution in [0.3, 0.4) is 0 Å². The molecule has 3 aromatic rings. The SMILES string of the molecule is O=C1c2ccccc2C(=O)N1Cc1cn(Cc2ccccc2Br)nn1. The van der Waals surface area contributed by atoms with Gasteiger partial charge in [-0.1, -0.05) is 51.5 Å². The first-order valence-electron chi connectivity index (χ1n) is 7.71. The van der Waals surface area contributed by atoms with E-state index in [0.29, 0.717) is 23.4 Å². The molecule has 6 nitrogen and oxygen atoms in total. The quantitative estimate of drug-likeness (QED) is 0.635. The van der Waals surface area contributed by atoms with Crippen LogP contribution in [0.5, 0.6) is 0 Å². The van der Waals surface area contributed by atoms with Crippen molar-refractivity contribution in [3.8, 4) is 0 Å². The molecule has 0 unspecified atom stereocenters. The Morgan fingerprint density at radius 2 is 1.52 bits per heavy atom. The molecule has 0 saturated heterocycles. The number of halogens is 1. The van der Waals surface area contributed by atoms with E-state index in [0.717, 1.165) is 10.0 Å². The minimum Gasteiger partial charge on any atom is -0.269 e. The molecule has 0 bridgehead atoms. The van der Waals surface area contributed by atoms with Gasteiger partial charge in [-0.15, -0.1) is 5.10 Å². The summed E-state index contributed by atoms with van der Waals surface area (Å²) in [5.74, 6) is -0.582. The third-order valence-corrected chi connectivity index (χ3v) is 4.85. The van der Waals surface area contributed by atoms with Crippen molar-refractivity contribution < 1.29 is 9.59 Å². The zero-order chi connectivity index (χ0) is 17.4. The van der Waals surface area contributed by atoms with Crippen LogP contribution in [-0.4, -0.2) is 31.7 Å². The van der Waals surface area contributed by atoms with Gasteiger partial charge in [-0.2, -0.15) is 0 Å². The van der Waals surface area contributed by atoms with Gasteiger partial charge in [-0.05, 0) is 23.8 Å². The van der Waals surface area contributed by atoms with Crippen molar-refractivity contribution in [3.05, 3.63) is 81.6 Å². The summed E-state index contributed by atoms with van der Waals surface area (Å²) >= 11 is 3.50. The molecule has 0 radical (unpaired) electrons. The van der Waals surface area contributed by atoms with Crippen LogP contribution in [-0.2, 0) is 13.1 Å². The van der Waals surface area contributed by atoms with Crippen LogP contribution in [0.15, 0.2) is 59.2 Å². The van der Waals surface area contributed by atoms with Crippen LogP contribution in [0, 0.1) is 0 Å². The lowest BCUT2D eigenvalue weighted by molar-refractivity contribution is 0.0640. The summed E-state index contributed by atoms with van der Waals surface area (Å²) in [6.07, 6.45) is 1.75. The lowest BCUT2D eigenvalue weighted by atomic mass is 10.1. The number of hydrogen-bond acceptors (Lipinski definition) is 4.